The topological polar surface area (TPSA) is 9.23 Å². The number of hydrogen-bond donors (Lipinski definition) is 0. The lowest BCUT2D eigenvalue weighted by atomic mass is 10.2. The Hall–Kier alpha value is -0.570. The molecule has 0 spiro atoms. The molecule has 0 saturated carbocycles. The first-order chi connectivity index (χ1) is 6.13. The summed E-state index contributed by atoms with van der Waals surface area (Å²) in [5, 5.41) is 0.529. The fourth-order valence-corrected chi connectivity index (χ4v) is 1.44. The molecule has 1 aromatic carbocycles. The highest BCUT2D eigenvalue weighted by Gasteiger charge is 2.03. The van der Waals surface area contributed by atoms with E-state index < -0.39 is 0 Å². The van der Waals surface area contributed by atoms with E-state index >= 15 is 0 Å². The van der Waals surface area contributed by atoms with Gasteiger partial charge in [0, 0.05) is 11.4 Å². The molecule has 0 bridgehead atoms. The van der Waals surface area contributed by atoms with Crippen molar-refractivity contribution in [2.24, 2.45) is 0 Å². The van der Waals surface area contributed by atoms with Crippen molar-refractivity contribution >= 4 is 15.9 Å². The molecule has 0 aliphatic rings. The van der Waals surface area contributed by atoms with Crippen LogP contribution in [0.2, 0.25) is 0 Å². The number of hydrogen-bond acceptors (Lipinski definition) is 1. The molecule has 0 unspecified atom stereocenters. The van der Waals surface area contributed by atoms with Gasteiger partial charge in [0.25, 0.3) is 0 Å². The third kappa shape index (κ3) is 2.99. The fourth-order valence-electron chi connectivity index (χ4n) is 0.982. The summed E-state index contributed by atoms with van der Waals surface area (Å²) >= 11 is 3.20. The second-order valence-electron chi connectivity index (χ2n) is 3.05. The summed E-state index contributed by atoms with van der Waals surface area (Å²) in [4.78, 5) is 0. The third-order valence-electron chi connectivity index (χ3n) is 1.54. The fraction of sp³-hybridized carbons (Fsp3) is 0.400. The van der Waals surface area contributed by atoms with Gasteiger partial charge in [0.05, 0.1) is 6.10 Å². The van der Waals surface area contributed by atoms with Crippen LogP contribution >= 0.6 is 15.9 Å². The van der Waals surface area contributed by atoms with Gasteiger partial charge in [-0.05, 0) is 25.5 Å². The van der Waals surface area contributed by atoms with Gasteiger partial charge in [-0.3, -0.25) is 0 Å². The van der Waals surface area contributed by atoms with E-state index in [0.717, 1.165) is 0 Å². The Bertz CT molecular complexity index is 286. The zero-order valence-electron chi connectivity index (χ0n) is 7.68. The van der Waals surface area contributed by atoms with Crippen molar-refractivity contribution in [3.8, 4) is 5.75 Å². The van der Waals surface area contributed by atoms with Crippen LogP contribution in [0.15, 0.2) is 18.2 Å². The second-order valence-corrected chi connectivity index (χ2v) is 3.61. The van der Waals surface area contributed by atoms with Crippen molar-refractivity contribution in [2.45, 2.75) is 25.3 Å². The smallest absolute Gasteiger partial charge is 0.130 e. The SMILES string of the molecule is CC(C)Oc1ccc(CBr)c(F)c1. The second kappa shape index (κ2) is 4.61. The molecule has 0 fully saturated rings. The zero-order chi connectivity index (χ0) is 9.84. The minimum atomic E-state index is -0.227. The van der Waals surface area contributed by atoms with E-state index in [4.69, 9.17) is 4.74 Å². The minimum absolute atomic E-state index is 0.0780. The molecule has 0 radical (unpaired) electrons. The van der Waals surface area contributed by atoms with Crippen LogP contribution in [-0.4, -0.2) is 6.10 Å². The lowest BCUT2D eigenvalue weighted by Crippen LogP contribution is -2.05. The van der Waals surface area contributed by atoms with E-state index in [2.05, 4.69) is 15.9 Å². The first-order valence-electron chi connectivity index (χ1n) is 4.14. The summed E-state index contributed by atoms with van der Waals surface area (Å²) in [5.41, 5.74) is 0.649. The van der Waals surface area contributed by atoms with Crippen molar-refractivity contribution in [1.82, 2.24) is 0 Å². The Morgan fingerprint density at radius 2 is 2.15 bits per heavy atom. The van der Waals surface area contributed by atoms with Crippen LogP contribution in [0.25, 0.3) is 0 Å². The quantitative estimate of drug-likeness (QED) is 0.742. The molecule has 0 amide bonds. The third-order valence-corrected chi connectivity index (χ3v) is 2.14. The standard InChI is InChI=1S/C10H12BrFO/c1-7(2)13-9-4-3-8(6-11)10(12)5-9/h3-5,7H,6H2,1-2H3. The molecule has 0 N–H and O–H groups in total. The van der Waals surface area contributed by atoms with Gasteiger partial charge in [-0.2, -0.15) is 0 Å². The maximum atomic E-state index is 13.2. The van der Waals surface area contributed by atoms with E-state index in [0.29, 0.717) is 16.6 Å². The first kappa shape index (κ1) is 10.5. The summed E-state index contributed by atoms with van der Waals surface area (Å²) in [7, 11) is 0. The van der Waals surface area contributed by atoms with Crippen LogP contribution in [0.5, 0.6) is 5.75 Å². The number of rotatable bonds is 3. The van der Waals surface area contributed by atoms with Crippen molar-refractivity contribution in [3.63, 3.8) is 0 Å². The van der Waals surface area contributed by atoms with E-state index in [9.17, 15) is 4.39 Å². The maximum absolute atomic E-state index is 13.2. The molecule has 3 heteroatoms. The Balaban J connectivity index is 2.83. The zero-order valence-corrected chi connectivity index (χ0v) is 9.27. The van der Waals surface area contributed by atoms with E-state index in [-0.39, 0.29) is 11.9 Å². The van der Waals surface area contributed by atoms with Gasteiger partial charge in [0.15, 0.2) is 0 Å². The highest BCUT2D eigenvalue weighted by molar-refractivity contribution is 9.08. The van der Waals surface area contributed by atoms with Crippen LogP contribution in [0.4, 0.5) is 4.39 Å². The Morgan fingerprint density at radius 1 is 1.46 bits per heavy atom. The summed E-state index contributed by atoms with van der Waals surface area (Å²) < 4.78 is 18.5. The molecule has 0 aliphatic heterocycles. The normalized spacial score (nSPS) is 10.5. The van der Waals surface area contributed by atoms with Gasteiger partial charge in [-0.25, -0.2) is 4.39 Å². The van der Waals surface area contributed by atoms with Crippen molar-refractivity contribution < 1.29 is 9.13 Å². The molecule has 0 heterocycles. The van der Waals surface area contributed by atoms with Crippen LogP contribution in [0.1, 0.15) is 19.4 Å². The Kier molecular flexibility index (Phi) is 3.72. The number of benzene rings is 1. The molecule has 1 nitrogen and oxygen atoms in total. The molecule has 1 rings (SSSR count). The molecule has 1 aromatic rings. The van der Waals surface area contributed by atoms with Gasteiger partial charge >= 0.3 is 0 Å². The van der Waals surface area contributed by atoms with Crippen molar-refractivity contribution in [3.05, 3.63) is 29.6 Å². The Labute approximate surface area is 86.0 Å². The molecular formula is C10H12BrFO. The predicted octanol–water partition coefficient (Wildman–Crippen LogP) is 3.51. The number of alkyl halides is 1. The van der Waals surface area contributed by atoms with Crippen LogP contribution in [0.3, 0.4) is 0 Å². The predicted molar refractivity (Wildman–Crippen MR) is 54.8 cm³/mol. The monoisotopic (exact) mass is 246 g/mol. The van der Waals surface area contributed by atoms with Crippen LogP contribution < -0.4 is 4.74 Å². The summed E-state index contributed by atoms with van der Waals surface area (Å²) in [5.74, 6) is 0.354. The summed E-state index contributed by atoms with van der Waals surface area (Å²) in [6, 6.07) is 4.91. The molecule has 13 heavy (non-hydrogen) atoms. The average molecular weight is 247 g/mol. The van der Waals surface area contributed by atoms with E-state index in [1.807, 2.05) is 13.8 Å². The van der Waals surface area contributed by atoms with Gasteiger partial charge in [0.2, 0.25) is 0 Å². The van der Waals surface area contributed by atoms with E-state index in [1.165, 1.54) is 6.07 Å². The molecular weight excluding hydrogens is 235 g/mol. The molecule has 0 aromatic heterocycles. The first-order valence-corrected chi connectivity index (χ1v) is 5.26. The van der Waals surface area contributed by atoms with E-state index in [1.54, 1.807) is 12.1 Å². The van der Waals surface area contributed by atoms with Crippen molar-refractivity contribution in [1.29, 1.82) is 0 Å². The average Bonchev–Trinajstić information content (AvgIpc) is 2.03. The summed E-state index contributed by atoms with van der Waals surface area (Å²) in [6.45, 7) is 3.83. The van der Waals surface area contributed by atoms with Gasteiger partial charge in [0.1, 0.15) is 11.6 Å². The van der Waals surface area contributed by atoms with Crippen LogP contribution in [0, 0.1) is 5.82 Å². The van der Waals surface area contributed by atoms with Crippen LogP contribution in [-0.2, 0) is 5.33 Å². The maximum Gasteiger partial charge on any atom is 0.130 e. The molecule has 72 valence electrons. The number of halogens is 2. The Morgan fingerprint density at radius 3 is 2.62 bits per heavy atom. The highest BCUT2D eigenvalue weighted by Crippen LogP contribution is 2.19. The lowest BCUT2D eigenvalue weighted by Gasteiger charge is -2.10. The minimum Gasteiger partial charge on any atom is -0.491 e. The molecule has 0 aliphatic carbocycles. The summed E-state index contributed by atoms with van der Waals surface area (Å²) in [6.07, 6.45) is 0.0780. The lowest BCUT2D eigenvalue weighted by molar-refractivity contribution is 0.241. The molecule has 0 saturated heterocycles. The van der Waals surface area contributed by atoms with Gasteiger partial charge < -0.3 is 4.74 Å². The largest absolute Gasteiger partial charge is 0.491 e. The van der Waals surface area contributed by atoms with Crippen molar-refractivity contribution in [2.75, 3.05) is 0 Å². The van der Waals surface area contributed by atoms with Gasteiger partial charge in [-0.15, -0.1) is 0 Å². The molecule has 0 atom stereocenters. The number of ether oxygens (including phenoxy) is 1. The van der Waals surface area contributed by atoms with Gasteiger partial charge in [-0.1, -0.05) is 22.0 Å². The highest BCUT2D eigenvalue weighted by atomic mass is 79.9.